The Hall–Kier alpha value is -1.07. The summed E-state index contributed by atoms with van der Waals surface area (Å²) >= 11 is 6.12. The molecule has 0 bridgehead atoms. The number of halogens is 1. The molecule has 0 spiro atoms. The summed E-state index contributed by atoms with van der Waals surface area (Å²) in [6.07, 6.45) is 4.05. The van der Waals surface area contributed by atoms with Crippen LogP contribution in [0.5, 0.6) is 0 Å². The average molecular weight is 271 g/mol. The first-order valence-electron chi connectivity index (χ1n) is 6.33. The number of hydrogen-bond acceptors (Lipinski definition) is 4. The summed E-state index contributed by atoms with van der Waals surface area (Å²) in [7, 11) is 1.60. The van der Waals surface area contributed by atoms with Crippen LogP contribution < -0.4 is 15.8 Å². The summed E-state index contributed by atoms with van der Waals surface area (Å²) in [6.45, 7) is 4.81. The van der Waals surface area contributed by atoms with Gasteiger partial charge in [-0.2, -0.15) is 5.10 Å². The molecule has 1 aliphatic heterocycles. The van der Waals surface area contributed by atoms with Gasteiger partial charge in [0.15, 0.2) is 0 Å². The Morgan fingerprint density at radius 3 is 3.06 bits per heavy atom. The van der Waals surface area contributed by atoms with Crippen LogP contribution in [0, 0.1) is 0 Å². The number of nitrogens with one attached hydrogen (secondary N) is 1. The number of aryl methyl sites for hydroxylation is 1. The molecule has 1 atom stereocenters. The van der Waals surface area contributed by atoms with Crippen molar-refractivity contribution in [1.29, 1.82) is 0 Å². The van der Waals surface area contributed by atoms with Gasteiger partial charge in [0.25, 0.3) is 5.56 Å². The number of nitrogens with zero attached hydrogens (tertiary/aromatic N) is 3. The lowest BCUT2D eigenvalue weighted by Gasteiger charge is -2.26. The van der Waals surface area contributed by atoms with Crippen molar-refractivity contribution in [2.45, 2.75) is 25.8 Å². The Morgan fingerprint density at radius 1 is 1.67 bits per heavy atom. The first-order valence-corrected chi connectivity index (χ1v) is 6.71. The molecule has 0 amide bonds. The first-order chi connectivity index (χ1) is 8.63. The quantitative estimate of drug-likeness (QED) is 0.887. The van der Waals surface area contributed by atoms with Crippen molar-refractivity contribution in [3.8, 4) is 0 Å². The molecule has 1 aliphatic rings. The zero-order valence-electron chi connectivity index (χ0n) is 10.8. The lowest BCUT2D eigenvalue weighted by atomic mass is 10.2. The third-order valence-electron chi connectivity index (χ3n) is 3.39. The number of rotatable bonds is 4. The van der Waals surface area contributed by atoms with E-state index in [-0.39, 0.29) is 10.6 Å². The van der Waals surface area contributed by atoms with E-state index in [4.69, 9.17) is 11.6 Å². The van der Waals surface area contributed by atoms with Gasteiger partial charge in [-0.15, -0.1) is 0 Å². The minimum atomic E-state index is -0.244. The predicted molar refractivity (Wildman–Crippen MR) is 73.4 cm³/mol. The topological polar surface area (TPSA) is 50.2 Å². The molecule has 1 saturated heterocycles. The summed E-state index contributed by atoms with van der Waals surface area (Å²) in [5, 5.41) is 7.75. The molecular formula is C12H19ClN4O. The third kappa shape index (κ3) is 2.67. The van der Waals surface area contributed by atoms with E-state index in [0.717, 1.165) is 25.3 Å². The Morgan fingerprint density at radius 2 is 2.44 bits per heavy atom. The second kappa shape index (κ2) is 5.71. The predicted octanol–water partition coefficient (Wildman–Crippen LogP) is 1.01. The zero-order valence-corrected chi connectivity index (χ0v) is 11.6. The van der Waals surface area contributed by atoms with E-state index in [0.29, 0.717) is 6.04 Å². The molecule has 18 heavy (non-hydrogen) atoms. The Labute approximate surface area is 112 Å². The monoisotopic (exact) mass is 270 g/mol. The minimum absolute atomic E-state index is 0.244. The van der Waals surface area contributed by atoms with Crippen molar-refractivity contribution in [3.05, 3.63) is 21.6 Å². The van der Waals surface area contributed by atoms with Crippen LogP contribution >= 0.6 is 11.6 Å². The van der Waals surface area contributed by atoms with Gasteiger partial charge in [0.1, 0.15) is 5.02 Å². The Kier molecular flexibility index (Phi) is 4.24. The Bertz CT molecular complexity index is 468. The van der Waals surface area contributed by atoms with E-state index in [1.165, 1.54) is 17.5 Å². The van der Waals surface area contributed by atoms with Crippen molar-refractivity contribution in [3.63, 3.8) is 0 Å². The van der Waals surface area contributed by atoms with Crippen LogP contribution in [0.4, 0.5) is 5.69 Å². The van der Waals surface area contributed by atoms with Gasteiger partial charge in [-0.3, -0.25) is 4.79 Å². The maximum absolute atomic E-state index is 11.8. The average Bonchev–Trinajstić information content (AvgIpc) is 2.87. The SMILES string of the molecule is CCN(CC1CCCN1)c1cnn(C)c(=O)c1Cl. The fourth-order valence-electron chi connectivity index (χ4n) is 2.30. The fourth-order valence-corrected chi connectivity index (χ4v) is 2.59. The molecule has 1 aromatic heterocycles. The molecule has 6 heteroatoms. The standard InChI is InChI=1S/C12H19ClN4O/c1-3-17(8-9-5-4-6-14-9)10-7-15-16(2)12(18)11(10)13/h7,9,14H,3-6,8H2,1-2H3. The van der Waals surface area contributed by atoms with Crippen LogP contribution in [0.2, 0.25) is 5.02 Å². The largest absolute Gasteiger partial charge is 0.368 e. The van der Waals surface area contributed by atoms with Crippen LogP contribution in [-0.2, 0) is 7.05 Å². The molecule has 5 nitrogen and oxygen atoms in total. The van der Waals surface area contributed by atoms with Crippen LogP contribution in [0.15, 0.2) is 11.0 Å². The van der Waals surface area contributed by atoms with Gasteiger partial charge in [-0.1, -0.05) is 11.6 Å². The first kappa shape index (κ1) is 13.4. The van der Waals surface area contributed by atoms with Gasteiger partial charge in [-0.25, -0.2) is 4.68 Å². The van der Waals surface area contributed by atoms with Crippen molar-refractivity contribution in [2.75, 3.05) is 24.5 Å². The molecule has 2 heterocycles. The fraction of sp³-hybridized carbons (Fsp3) is 0.667. The Balaban J connectivity index is 2.21. The molecule has 1 N–H and O–H groups in total. The number of aromatic nitrogens is 2. The zero-order chi connectivity index (χ0) is 13.1. The maximum Gasteiger partial charge on any atom is 0.287 e. The molecule has 0 radical (unpaired) electrons. The van der Waals surface area contributed by atoms with Crippen LogP contribution in [0.3, 0.4) is 0 Å². The summed E-state index contributed by atoms with van der Waals surface area (Å²) in [4.78, 5) is 13.9. The van der Waals surface area contributed by atoms with Gasteiger partial charge in [0, 0.05) is 26.2 Å². The molecule has 2 rings (SSSR count). The lowest BCUT2D eigenvalue weighted by Crippen LogP contribution is -2.38. The highest BCUT2D eigenvalue weighted by atomic mass is 35.5. The molecule has 0 aromatic carbocycles. The minimum Gasteiger partial charge on any atom is -0.368 e. The van der Waals surface area contributed by atoms with Gasteiger partial charge < -0.3 is 10.2 Å². The molecule has 0 saturated carbocycles. The van der Waals surface area contributed by atoms with Crippen molar-refractivity contribution < 1.29 is 0 Å². The maximum atomic E-state index is 11.8. The highest BCUT2D eigenvalue weighted by Crippen LogP contribution is 2.21. The molecule has 1 fully saturated rings. The second-order valence-electron chi connectivity index (χ2n) is 4.60. The van der Waals surface area contributed by atoms with E-state index in [1.54, 1.807) is 13.2 Å². The molecular weight excluding hydrogens is 252 g/mol. The van der Waals surface area contributed by atoms with Crippen molar-refractivity contribution in [2.24, 2.45) is 7.05 Å². The van der Waals surface area contributed by atoms with E-state index in [1.807, 2.05) is 0 Å². The highest BCUT2D eigenvalue weighted by Gasteiger charge is 2.20. The van der Waals surface area contributed by atoms with Crippen LogP contribution in [-0.4, -0.2) is 35.5 Å². The normalized spacial score (nSPS) is 19.2. The van der Waals surface area contributed by atoms with Crippen molar-refractivity contribution >= 4 is 17.3 Å². The lowest BCUT2D eigenvalue weighted by molar-refractivity contribution is 0.584. The van der Waals surface area contributed by atoms with E-state index in [2.05, 4.69) is 22.2 Å². The van der Waals surface area contributed by atoms with E-state index < -0.39 is 0 Å². The molecule has 1 aromatic rings. The second-order valence-corrected chi connectivity index (χ2v) is 4.98. The van der Waals surface area contributed by atoms with Crippen molar-refractivity contribution in [1.82, 2.24) is 15.1 Å². The summed E-state index contributed by atoms with van der Waals surface area (Å²) < 4.78 is 1.26. The highest BCUT2D eigenvalue weighted by molar-refractivity contribution is 6.33. The van der Waals surface area contributed by atoms with Crippen LogP contribution in [0.1, 0.15) is 19.8 Å². The van der Waals surface area contributed by atoms with Gasteiger partial charge in [0.2, 0.25) is 0 Å². The molecule has 100 valence electrons. The number of anilines is 1. The summed E-state index contributed by atoms with van der Waals surface area (Å²) in [5.41, 5.74) is 0.489. The molecule has 1 unspecified atom stereocenters. The summed E-state index contributed by atoms with van der Waals surface area (Å²) in [5.74, 6) is 0. The van der Waals surface area contributed by atoms with Crippen LogP contribution in [0.25, 0.3) is 0 Å². The van der Waals surface area contributed by atoms with E-state index in [9.17, 15) is 4.79 Å². The van der Waals surface area contributed by atoms with Gasteiger partial charge in [0.05, 0.1) is 11.9 Å². The number of hydrogen-bond donors (Lipinski definition) is 1. The molecule has 0 aliphatic carbocycles. The third-order valence-corrected chi connectivity index (χ3v) is 3.74. The van der Waals surface area contributed by atoms with Gasteiger partial charge in [-0.05, 0) is 26.3 Å². The smallest absolute Gasteiger partial charge is 0.287 e. The van der Waals surface area contributed by atoms with Gasteiger partial charge >= 0.3 is 0 Å². The van der Waals surface area contributed by atoms with E-state index >= 15 is 0 Å². The summed E-state index contributed by atoms with van der Waals surface area (Å²) in [6, 6.07) is 0.477. The number of likely N-dealkylation sites (N-methyl/N-ethyl adjacent to an activating group) is 1.